The molecule has 0 saturated heterocycles. The number of benzene rings is 2. The van der Waals surface area contributed by atoms with Crippen molar-refractivity contribution >= 4 is 29.0 Å². The number of thioether (sulfide) groups is 1. The number of aromatic nitrogens is 3. The fraction of sp³-hybridized carbons (Fsp3) is 0.286. The second kappa shape index (κ2) is 9.97. The van der Waals surface area contributed by atoms with Crippen molar-refractivity contribution in [3.05, 3.63) is 59.9 Å². The number of nitrogens with zero attached hydrogens (tertiary/aromatic N) is 3. The van der Waals surface area contributed by atoms with E-state index >= 15 is 0 Å². The van der Waals surface area contributed by atoms with E-state index in [-0.39, 0.29) is 11.7 Å². The molecule has 0 bridgehead atoms. The lowest BCUT2D eigenvalue weighted by molar-refractivity contribution is -0.113. The summed E-state index contributed by atoms with van der Waals surface area (Å²) in [6.45, 7) is 5.41. The average Bonchev–Trinajstić information content (AvgIpc) is 3.14. The van der Waals surface area contributed by atoms with E-state index in [1.54, 1.807) is 7.11 Å². The maximum absolute atomic E-state index is 12.3. The van der Waals surface area contributed by atoms with E-state index < -0.39 is 0 Å². The van der Waals surface area contributed by atoms with Crippen LogP contribution in [0.4, 0.5) is 11.4 Å². The van der Waals surface area contributed by atoms with E-state index in [0.717, 1.165) is 34.6 Å². The van der Waals surface area contributed by atoms with Crippen molar-refractivity contribution in [2.24, 2.45) is 0 Å². The number of hydrogen-bond donors (Lipinski definition) is 2. The standard InChI is InChI=1S/C21H25N5O2S/c1-4-26-19(13-22-16-7-5-15(2)6-8-16)24-25-21(26)29-14-20(27)23-17-9-11-18(28-3)12-10-17/h5-12,22H,4,13-14H2,1-3H3,(H,23,27). The van der Waals surface area contributed by atoms with Gasteiger partial charge in [0.1, 0.15) is 5.75 Å². The van der Waals surface area contributed by atoms with Crippen LogP contribution in [0, 0.1) is 6.92 Å². The molecule has 2 aromatic carbocycles. The molecule has 7 nitrogen and oxygen atoms in total. The predicted octanol–water partition coefficient (Wildman–Crippen LogP) is 3.96. The minimum Gasteiger partial charge on any atom is -0.497 e. The highest BCUT2D eigenvalue weighted by atomic mass is 32.2. The van der Waals surface area contributed by atoms with Crippen LogP contribution < -0.4 is 15.4 Å². The number of carbonyl (C=O) groups is 1. The third-order valence-electron chi connectivity index (χ3n) is 4.32. The highest BCUT2D eigenvalue weighted by molar-refractivity contribution is 7.99. The van der Waals surface area contributed by atoms with Gasteiger partial charge in [0, 0.05) is 17.9 Å². The molecular formula is C21H25N5O2S. The van der Waals surface area contributed by atoms with Crippen LogP contribution >= 0.6 is 11.8 Å². The molecule has 0 aliphatic rings. The summed E-state index contributed by atoms with van der Waals surface area (Å²) in [4.78, 5) is 12.3. The van der Waals surface area contributed by atoms with Gasteiger partial charge in [0.05, 0.1) is 19.4 Å². The zero-order valence-corrected chi connectivity index (χ0v) is 17.6. The fourth-order valence-electron chi connectivity index (χ4n) is 2.73. The molecule has 1 amide bonds. The van der Waals surface area contributed by atoms with Gasteiger partial charge >= 0.3 is 0 Å². The Morgan fingerprint density at radius 2 is 1.76 bits per heavy atom. The molecule has 29 heavy (non-hydrogen) atoms. The SMILES string of the molecule is CCn1c(CNc2ccc(C)cc2)nnc1SCC(=O)Nc1ccc(OC)cc1. The largest absolute Gasteiger partial charge is 0.497 e. The Balaban J connectivity index is 1.54. The van der Waals surface area contributed by atoms with E-state index in [1.165, 1.54) is 17.3 Å². The van der Waals surface area contributed by atoms with Crippen LogP contribution in [0.2, 0.25) is 0 Å². The van der Waals surface area contributed by atoms with Crippen molar-refractivity contribution in [3.8, 4) is 5.75 Å². The minimum atomic E-state index is -0.0925. The lowest BCUT2D eigenvalue weighted by Gasteiger charge is -2.09. The van der Waals surface area contributed by atoms with Crippen LogP contribution in [0.25, 0.3) is 0 Å². The molecule has 1 aromatic heterocycles. The summed E-state index contributed by atoms with van der Waals surface area (Å²) < 4.78 is 7.14. The first-order valence-corrected chi connectivity index (χ1v) is 10.4. The fourth-order valence-corrected chi connectivity index (χ4v) is 3.55. The number of nitrogens with one attached hydrogen (secondary N) is 2. The molecule has 3 rings (SSSR count). The highest BCUT2D eigenvalue weighted by Crippen LogP contribution is 2.20. The zero-order valence-electron chi connectivity index (χ0n) is 16.8. The quantitative estimate of drug-likeness (QED) is 0.519. The molecule has 2 N–H and O–H groups in total. The van der Waals surface area contributed by atoms with Crippen molar-refractivity contribution in [2.45, 2.75) is 32.1 Å². The van der Waals surface area contributed by atoms with E-state index in [0.29, 0.717) is 6.54 Å². The molecule has 0 unspecified atom stereocenters. The number of ether oxygens (including phenoxy) is 1. The van der Waals surface area contributed by atoms with Gasteiger partial charge < -0.3 is 19.9 Å². The van der Waals surface area contributed by atoms with Crippen LogP contribution in [0.1, 0.15) is 18.3 Å². The molecule has 0 spiro atoms. The number of amides is 1. The van der Waals surface area contributed by atoms with Crippen LogP contribution in [-0.2, 0) is 17.9 Å². The van der Waals surface area contributed by atoms with E-state index in [2.05, 4.69) is 39.9 Å². The Morgan fingerprint density at radius 3 is 2.41 bits per heavy atom. The van der Waals surface area contributed by atoms with Gasteiger partial charge in [-0.2, -0.15) is 0 Å². The molecule has 1 heterocycles. The highest BCUT2D eigenvalue weighted by Gasteiger charge is 2.13. The molecular weight excluding hydrogens is 386 g/mol. The first kappa shape index (κ1) is 20.7. The summed E-state index contributed by atoms with van der Waals surface area (Å²) >= 11 is 1.38. The van der Waals surface area contributed by atoms with Gasteiger partial charge in [-0.25, -0.2) is 0 Å². The second-order valence-corrected chi connectivity index (χ2v) is 7.37. The normalized spacial score (nSPS) is 10.6. The number of anilines is 2. The van der Waals surface area contributed by atoms with Crippen molar-refractivity contribution in [2.75, 3.05) is 23.5 Å². The van der Waals surface area contributed by atoms with Crippen molar-refractivity contribution in [3.63, 3.8) is 0 Å². The number of rotatable bonds is 9. The average molecular weight is 412 g/mol. The van der Waals surface area contributed by atoms with Gasteiger partial charge in [-0.3, -0.25) is 4.79 Å². The summed E-state index contributed by atoms with van der Waals surface area (Å²) in [5.74, 6) is 1.76. The summed E-state index contributed by atoms with van der Waals surface area (Å²) in [6.07, 6.45) is 0. The Hall–Kier alpha value is -3.00. The Labute approximate surface area is 174 Å². The monoisotopic (exact) mass is 411 g/mol. The van der Waals surface area contributed by atoms with Gasteiger partial charge in [0.25, 0.3) is 0 Å². The van der Waals surface area contributed by atoms with Gasteiger partial charge in [-0.05, 0) is 50.2 Å². The van der Waals surface area contributed by atoms with E-state index in [1.807, 2.05) is 47.9 Å². The molecule has 8 heteroatoms. The summed E-state index contributed by atoms with van der Waals surface area (Å²) in [5, 5.41) is 15.5. The lowest BCUT2D eigenvalue weighted by Crippen LogP contribution is -2.15. The molecule has 0 atom stereocenters. The van der Waals surface area contributed by atoms with Crippen molar-refractivity contribution < 1.29 is 9.53 Å². The first-order valence-electron chi connectivity index (χ1n) is 9.38. The molecule has 152 valence electrons. The topological polar surface area (TPSA) is 81.1 Å². The van der Waals surface area contributed by atoms with E-state index in [4.69, 9.17) is 4.74 Å². The smallest absolute Gasteiger partial charge is 0.234 e. The predicted molar refractivity (Wildman–Crippen MR) is 117 cm³/mol. The Morgan fingerprint density at radius 1 is 1.07 bits per heavy atom. The Bertz CT molecular complexity index is 939. The molecule has 0 aliphatic heterocycles. The minimum absolute atomic E-state index is 0.0925. The van der Waals surface area contributed by atoms with Crippen molar-refractivity contribution in [1.29, 1.82) is 0 Å². The van der Waals surface area contributed by atoms with Crippen LogP contribution in [0.15, 0.2) is 53.7 Å². The summed E-state index contributed by atoms with van der Waals surface area (Å²) in [5.41, 5.74) is 2.99. The molecule has 0 saturated carbocycles. The number of hydrogen-bond acceptors (Lipinski definition) is 6. The van der Waals surface area contributed by atoms with Crippen LogP contribution in [0.5, 0.6) is 5.75 Å². The first-order chi connectivity index (χ1) is 14.1. The third kappa shape index (κ3) is 5.74. The molecule has 0 fully saturated rings. The molecule has 3 aromatic rings. The van der Waals surface area contributed by atoms with Crippen LogP contribution in [-0.4, -0.2) is 33.5 Å². The molecule has 0 aliphatic carbocycles. The van der Waals surface area contributed by atoms with Crippen LogP contribution in [0.3, 0.4) is 0 Å². The summed E-state index contributed by atoms with van der Waals surface area (Å²) in [6, 6.07) is 15.5. The van der Waals surface area contributed by atoms with Gasteiger partial charge in [-0.15, -0.1) is 10.2 Å². The maximum atomic E-state index is 12.3. The van der Waals surface area contributed by atoms with Gasteiger partial charge in [-0.1, -0.05) is 29.5 Å². The Kier molecular flexibility index (Phi) is 7.13. The second-order valence-electron chi connectivity index (χ2n) is 6.43. The third-order valence-corrected chi connectivity index (χ3v) is 5.28. The number of methoxy groups -OCH3 is 1. The van der Waals surface area contributed by atoms with Gasteiger partial charge in [0.15, 0.2) is 11.0 Å². The van der Waals surface area contributed by atoms with Gasteiger partial charge in [0.2, 0.25) is 5.91 Å². The zero-order chi connectivity index (χ0) is 20.6. The van der Waals surface area contributed by atoms with Crippen molar-refractivity contribution in [1.82, 2.24) is 14.8 Å². The maximum Gasteiger partial charge on any atom is 0.234 e. The summed E-state index contributed by atoms with van der Waals surface area (Å²) in [7, 11) is 1.61. The number of carbonyl (C=O) groups excluding carboxylic acids is 1. The lowest BCUT2D eigenvalue weighted by atomic mass is 10.2. The molecule has 0 radical (unpaired) electrons. The number of aryl methyl sites for hydroxylation is 1. The van der Waals surface area contributed by atoms with E-state index in [9.17, 15) is 4.79 Å².